The van der Waals surface area contributed by atoms with Gasteiger partial charge in [0, 0.05) is 22.4 Å². The first-order valence-electron chi connectivity index (χ1n) is 7.74. The second kappa shape index (κ2) is 7.22. The summed E-state index contributed by atoms with van der Waals surface area (Å²) in [7, 11) is -1.86. The second-order valence-corrected chi connectivity index (χ2v) is 8.27. The number of hydrogen-bond donors (Lipinski definition) is 1. The van der Waals surface area contributed by atoms with Gasteiger partial charge in [-0.1, -0.05) is 23.7 Å². The summed E-state index contributed by atoms with van der Waals surface area (Å²) in [5, 5.41) is 11.3. The van der Waals surface area contributed by atoms with Crippen LogP contribution in [0.15, 0.2) is 47.5 Å². The van der Waals surface area contributed by atoms with Gasteiger partial charge < -0.3 is 9.84 Å². The van der Waals surface area contributed by atoms with Crippen molar-refractivity contribution in [1.82, 2.24) is 5.06 Å². The maximum Gasteiger partial charge on any atom is 0.336 e. The highest BCUT2D eigenvalue weighted by Gasteiger charge is 2.23. The first-order chi connectivity index (χ1) is 12.7. The first-order valence-corrected chi connectivity index (χ1v) is 10.0. The molecule has 3 rings (SSSR count). The Morgan fingerprint density at radius 1 is 1.22 bits per heavy atom. The van der Waals surface area contributed by atoms with E-state index >= 15 is 0 Å². The van der Waals surface area contributed by atoms with E-state index in [0.717, 1.165) is 6.26 Å². The predicted octanol–water partition coefficient (Wildman–Crippen LogP) is 3.26. The number of sulfone groups is 1. The van der Waals surface area contributed by atoms with Crippen LogP contribution in [0.1, 0.15) is 15.9 Å². The molecule has 0 spiro atoms. The van der Waals surface area contributed by atoms with Crippen LogP contribution in [0.25, 0.3) is 16.9 Å². The molecule has 1 aliphatic rings. The molecule has 27 heavy (non-hydrogen) atoms. The third-order valence-corrected chi connectivity index (χ3v) is 5.48. The molecule has 0 amide bonds. The number of carboxylic acid groups (broad SMARTS) is 1. The SMILES string of the molecule is CON1C=C(c2cc(Cl)c(-c3ccc(S(C)(=O)=O)cc3)cc2C(=O)O)OC1. The average molecular weight is 410 g/mol. The van der Waals surface area contributed by atoms with Crippen LogP contribution in [0.5, 0.6) is 0 Å². The van der Waals surface area contributed by atoms with Gasteiger partial charge in [-0.05, 0) is 29.8 Å². The molecule has 1 aliphatic heterocycles. The number of carboxylic acids is 1. The molecule has 0 atom stereocenters. The minimum atomic E-state index is -3.33. The van der Waals surface area contributed by atoms with Gasteiger partial charge in [-0.2, -0.15) is 0 Å². The molecule has 9 heteroatoms. The maximum atomic E-state index is 11.8. The van der Waals surface area contributed by atoms with E-state index in [1.165, 1.54) is 36.4 Å². The van der Waals surface area contributed by atoms with Crippen LogP contribution >= 0.6 is 11.6 Å². The zero-order valence-electron chi connectivity index (χ0n) is 14.5. The van der Waals surface area contributed by atoms with Crippen molar-refractivity contribution < 1.29 is 27.9 Å². The Balaban J connectivity index is 2.08. The van der Waals surface area contributed by atoms with Gasteiger partial charge in [-0.15, -0.1) is 0 Å². The number of rotatable bonds is 5. The molecule has 2 aromatic rings. The number of hydroxylamine groups is 2. The summed E-state index contributed by atoms with van der Waals surface area (Å²) in [4.78, 5) is 17.0. The number of aromatic carboxylic acids is 1. The molecular formula is C18H16ClNO6S. The van der Waals surface area contributed by atoms with Crippen LogP contribution in [-0.2, 0) is 19.4 Å². The van der Waals surface area contributed by atoms with E-state index in [1.54, 1.807) is 18.3 Å². The molecule has 1 N–H and O–H groups in total. The molecule has 0 aliphatic carbocycles. The van der Waals surface area contributed by atoms with E-state index < -0.39 is 15.8 Å². The van der Waals surface area contributed by atoms with Gasteiger partial charge in [0.15, 0.2) is 16.6 Å². The lowest BCUT2D eigenvalue weighted by molar-refractivity contribution is -0.116. The van der Waals surface area contributed by atoms with Gasteiger partial charge in [0.05, 0.1) is 23.8 Å². The molecule has 142 valence electrons. The Hall–Kier alpha value is -2.55. The van der Waals surface area contributed by atoms with Crippen LogP contribution in [0, 0.1) is 0 Å². The minimum absolute atomic E-state index is 0.00536. The molecule has 0 bridgehead atoms. The maximum absolute atomic E-state index is 11.8. The highest BCUT2D eigenvalue weighted by molar-refractivity contribution is 7.90. The van der Waals surface area contributed by atoms with E-state index in [-0.39, 0.29) is 17.2 Å². The topological polar surface area (TPSA) is 93.1 Å². The molecule has 0 radical (unpaired) electrons. The summed E-state index contributed by atoms with van der Waals surface area (Å²) in [6.07, 6.45) is 2.66. The Morgan fingerprint density at radius 2 is 1.89 bits per heavy atom. The van der Waals surface area contributed by atoms with Crippen molar-refractivity contribution in [3.63, 3.8) is 0 Å². The smallest absolute Gasteiger partial charge is 0.336 e. The standard InChI is InChI=1S/C18H16ClNO6S/c1-25-20-9-17(26-10-20)14-8-16(19)13(7-15(14)18(21)22)11-3-5-12(6-4-11)27(2,23)24/h3-9H,10H2,1-2H3,(H,21,22). The lowest BCUT2D eigenvalue weighted by Gasteiger charge is -2.12. The highest BCUT2D eigenvalue weighted by Crippen LogP contribution is 2.35. The third-order valence-electron chi connectivity index (χ3n) is 4.04. The van der Waals surface area contributed by atoms with Gasteiger partial charge >= 0.3 is 5.97 Å². The Kier molecular flexibility index (Phi) is 5.14. The monoisotopic (exact) mass is 409 g/mol. The zero-order chi connectivity index (χ0) is 19.8. The van der Waals surface area contributed by atoms with Crippen molar-refractivity contribution in [2.75, 3.05) is 20.1 Å². The van der Waals surface area contributed by atoms with E-state index in [9.17, 15) is 18.3 Å². The van der Waals surface area contributed by atoms with Gasteiger partial charge in [-0.25, -0.2) is 18.3 Å². The first kappa shape index (κ1) is 19.2. The predicted molar refractivity (Wildman–Crippen MR) is 99.7 cm³/mol. The second-order valence-electron chi connectivity index (χ2n) is 5.85. The number of nitrogens with zero attached hydrogens (tertiary/aromatic N) is 1. The summed E-state index contributed by atoms with van der Waals surface area (Å²) in [5.74, 6) is -0.814. The molecule has 1 heterocycles. The molecule has 0 saturated heterocycles. The van der Waals surface area contributed by atoms with Crippen molar-refractivity contribution in [1.29, 1.82) is 0 Å². The Morgan fingerprint density at radius 3 is 2.41 bits per heavy atom. The van der Waals surface area contributed by atoms with Crippen LogP contribution < -0.4 is 0 Å². The minimum Gasteiger partial charge on any atom is -0.478 e. The molecular weight excluding hydrogens is 394 g/mol. The zero-order valence-corrected chi connectivity index (χ0v) is 16.0. The molecule has 2 aromatic carbocycles. The summed E-state index contributed by atoms with van der Waals surface area (Å²) in [5.41, 5.74) is 1.40. The van der Waals surface area contributed by atoms with Crippen molar-refractivity contribution in [2.45, 2.75) is 4.90 Å². The van der Waals surface area contributed by atoms with Crippen molar-refractivity contribution >= 4 is 33.2 Å². The van der Waals surface area contributed by atoms with Gasteiger partial charge in [0.1, 0.15) is 5.76 Å². The van der Waals surface area contributed by atoms with E-state index in [1.807, 2.05) is 0 Å². The lowest BCUT2D eigenvalue weighted by atomic mass is 9.98. The average Bonchev–Trinajstić information content (AvgIpc) is 3.09. The summed E-state index contributed by atoms with van der Waals surface area (Å²) in [6.45, 7) is 0.136. The third kappa shape index (κ3) is 3.92. The van der Waals surface area contributed by atoms with Crippen molar-refractivity contribution in [3.05, 3.63) is 58.7 Å². The molecule has 0 unspecified atom stereocenters. The Labute approximate surface area is 161 Å². The fourth-order valence-corrected chi connectivity index (χ4v) is 3.55. The molecule has 0 fully saturated rings. The summed E-state index contributed by atoms with van der Waals surface area (Å²) in [6, 6.07) is 9.02. The number of halogens is 1. The fraction of sp³-hybridized carbons (Fsp3) is 0.167. The largest absolute Gasteiger partial charge is 0.478 e. The molecule has 0 saturated carbocycles. The fourth-order valence-electron chi connectivity index (χ4n) is 2.65. The number of ether oxygens (including phenoxy) is 1. The van der Waals surface area contributed by atoms with Crippen LogP contribution in [0.4, 0.5) is 0 Å². The Bertz CT molecular complexity index is 1030. The normalized spacial score (nSPS) is 14.0. The number of hydrogen-bond acceptors (Lipinski definition) is 6. The van der Waals surface area contributed by atoms with Crippen molar-refractivity contribution in [3.8, 4) is 11.1 Å². The summed E-state index contributed by atoms with van der Waals surface area (Å²) >= 11 is 6.38. The highest BCUT2D eigenvalue weighted by atomic mass is 35.5. The van der Waals surface area contributed by atoms with Gasteiger partial charge in [0.2, 0.25) is 0 Å². The van der Waals surface area contributed by atoms with Crippen LogP contribution in [-0.4, -0.2) is 44.7 Å². The van der Waals surface area contributed by atoms with Crippen LogP contribution in [0.2, 0.25) is 5.02 Å². The van der Waals surface area contributed by atoms with E-state index in [2.05, 4.69) is 0 Å². The van der Waals surface area contributed by atoms with Gasteiger partial charge in [0.25, 0.3) is 0 Å². The molecule has 7 nitrogen and oxygen atoms in total. The molecule has 0 aromatic heterocycles. The van der Waals surface area contributed by atoms with E-state index in [4.69, 9.17) is 21.2 Å². The van der Waals surface area contributed by atoms with Gasteiger partial charge in [-0.3, -0.25) is 4.84 Å². The van der Waals surface area contributed by atoms with Crippen molar-refractivity contribution in [2.24, 2.45) is 0 Å². The summed E-state index contributed by atoms with van der Waals surface area (Å²) < 4.78 is 28.7. The van der Waals surface area contributed by atoms with Crippen LogP contribution in [0.3, 0.4) is 0 Å². The number of carbonyl (C=O) groups is 1. The quantitative estimate of drug-likeness (QED) is 0.810. The lowest BCUT2D eigenvalue weighted by Crippen LogP contribution is -2.12. The van der Waals surface area contributed by atoms with E-state index in [0.29, 0.717) is 27.5 Å². The number of benzene rings is 2.